The number of aromatic nitrogens is 1. The molecule has 1 aliphatic heterocycles. The number of anilines is 1. The summed E-state index contributed by atoms with van der Waals surface area (Å²) in [5, 5.41) is 8.79. The molecule has 0 aromatic carbocycles. The first kappa shape index (κ1) is 10.9. The molecular weight excluding hydrogens is 202 g/mol. The van der Waals surface area contributed by atoms with Crippen LogP contribution in [0.1, 0.15) is 12.1 Å². The van der Waals surface area contributed by atoms with Crippen molar-refractivity contribution < 1.29 is 4.74 Å². The summed E-state index contributed by atoms with van der Waals surface area (Å²) in [4.78, 5) is 6.50. The first-order valence-electron chi connectivity index (χ1n) is 5.44. The highest BCUT2D eigenvalue weighted by molar-refractivity contribution is 5.42. The molecule has 1 aromatic heterocycles. The van der Waals surface area contributed by atoms with Gasteiger partial charge in [0.2, 0.25) is 0 Å². The maximum atomic E-state index is 8.79. The van der Waals surface area contributed by atoms with Crippen LogP contribution in [0.25, 0.3) is 0 Å². The quantitative estimate of drug-likeness (QED) is 0.768. The van der Waals surface area contributed by atoms with Crippen LogP contribution < -0.4 is 4.90 Å². The number of pyridine rings is 1. The molecule has 1 fully saturated rings. The number of methoxy groups -OCH3 is 1. The summed E-state index contributed by atoms with van der Waals surface area (Å²) in [7, 11) is 1.73. The number of hydrogen-bond acceptors (Lipinski definition) is 4. The van der Waals surface area contributed by atoms with Gasteiger partial charge < -0.3 is 9.64 Å². The predicted octanol–water partition coefficient (Wildman–Crippen LogP) is 1.43. The Morgan fingerprint density at radius 1 is 1.62 bits per heavy atom. The number of hydrogen-bond donors (Lipinski definition) is 0. The second-order valence-electron chi connectivity index (χ2n) is 4.05. The predicted molar refractivity (Wildman–Crippen MR) is 61.1 cm³/mol. The molecule has 0 bridgehead atoms. The van der Waals surface area contributed by atoms with Crippen molar-refractivity contribution in [3.05, 3.63) is 23.9 Å². The number of nitriles is 1. The largest absolute Gasteiger partial charge is 0.384 e. The van der Waals surface area contributed by atoms with E-state index in [0.29, 0.717) is 11.6 Å². The van der Waals surface area contributed by atoms with Gasteiger partial charge in [0.25, 0.3) is 0 Å². The fourth-order valence-electron chi connectivity index (χ4n) is 2.07. The summed E-state index contributed by atoms with van der Waals surface area (Å²) in [6, 6.07) is 7.63. The zero-order valence-electron chi connectivity index (χ0n) is 9.39. The molecule has 4 nitrogen and oxygen atoms in total. The van der Waals surface area contributed by atoms with Crippen molar-refractivity contribution in [2.75, 3.05) is 31.7 Å². The average Bonchev–Trinajstić information content (AvgIpc) is 2.78. The normalized spacial score (nSPS) is 19.8. The van der Waals surface area contributed by atoms with Gasteiger partial charge in [-0.3, -0.25) is 0 Å². The Kier molecular flexibility index (Phi) is 3.37. The molecule has 1 aliphatic rings. The second-order valence-corrected chi connectivity index (χ2v) is 4.05. The van der Waals surface area contributed by atoms with Crippen molar-refractivity contribution in [3.8, 4) is 6.07 Å². The Balaban J connectivity index is 2.06. The molecule has 0 saturated carbocycles. The van der Waals surface area contributed by atoms with E-state index in [2.05, 4.69) is 16.0 Å². The van der Waals surface area contributed by atoms with E-state index in [1.165, 1.54) is 0 Å². The minimum Gasteiger partial charge on any atom is -0.384 e. The summed E-state index contributed by atoms with van der Waals surface area (Å²) in [6.07, 6.45) is 1.13. The van der Waals surface area contributed by atoms with E-state index in [1.807, 2.05) is 12.1 Å². The lowest BCUT2D eigenvalue weighted by atomic mass is 10.1. The van der Waals surface area contributed by atoms with Crippen molar-refractivity contribution >= 4 is 5.82 Å². The molecule has 1 saturated heterocycles. The van der Waals surface area contributed by atoms with Gasteiger partial charge in [0, 0.05) is 26.1 Å². The molecule has 84 valence electrons. The van der Waals surface area contributed by atoms with Crippen LogP contribution in [-0.2, 0) is 4.74 Å². The van der Waals surface area contributed by atoms with Crippen LogP contribution in [0.2, 0.25) is 0 Å². The van der Waals surface area contributed by atoms with Crippen molar-refractivity contribution in [2.24, 2.45) is 5.92 Å². The van der Waals surface area contributed by atoms with Crippen LogP contribution in [0.5, 0.6) is 0 Å². The first-order valence-corrected chi connectivity index (χ1v) is 5.44. The van der Waals surface area contributed by atoms with Crippen molar-refractivity contribution in [3.63, 3.8) is 0 Å². The van der Waals surface area contributed by atoms with E-state index in [0.717, 1.165) is 31.9 Å². The van der Waals surface area contributed by atoms with Crippen LogP contribution in [-0.4, -0.2) is 31.8 Å². The maximum Gasteiger partial charge on any atom is 0.142 e. The molecule has 0 spiro atoms. The van der Waals surface area contributed by atoms with E-state index >= 15 is 0 Å². The van der Waals surface area contributed by atoms with Crippen molar-refractivity contribution in [2.45, 2.75) is 6.42 Å². The minimum absolute atomic E-state index is 0.479. The summed E-state index contributed by atoms with van der Waals surface area (Å²) in [6.45, 7) is 2.76. The van der Waals surface area contributed by atoms with E-state index in [1.54, 1.807) is 13.2 Å². The van der Waals surface area contributed by atoms with Gasteiger partial charge in [-0.25, -0.2) is 4.98 Å². The van der Waals surface area contributed by atoms with Crippen LogP contribution >= 0.6 is 0 Å². The van der Waals surface area contributed by atoms with E-state index < -0.39 is 0 Å². The van der Waals surface area contributed by atoms with Gasteiger partial charge in [0.05, 0.1) is 6.61 Å². The molecule has 0 N–H and O–H groups in total. The fraction of sp³-hybridized carbons (Fsp3) is 0.500. The third-order valence-corrected chi connectivity index (χ3v) is 2.86. The topological polar surface area (TPSA) is 49.1 Å². The van der Waals surface area contributed by atoms with Crippen LogP contribution in [0.4, 0.5) is 5.82 Å². The zero-order valence-corrected chi connectivity index (χ0v) is 9.39. The van der Waals surface area contributed by atoms with Gasteiger partial charge in [0.15, 0.2) is 0 Å². The van der Waals surface area contributed by atoms with Crippen LogP contribution in [0.15, 0.2) is 18.2 Å². The highest BCUT2D eigenvalue weighted by atomic mass is 16.5. The van der Waals surface area contributed by atoms with Crippen molar-refractivity contribution in [1.29, 1.82) is 5.26 Å². The second kappa shape index (κ2) is 4.95. The Morgan fingerprint density at radius 3 is 3.25 bits per heavy atom. The van der Waals surface area contributed by atoms with Gasteiger partial charge in [0.1, 0.15) is 17.6 Å². The molecule has 1 aromatic rings. The van der Waals surface area contributed by atoms with Crippen LogP contribution in [0, 0.1) is 17.2 Å². The van der Waals surface area contributed by atoms with Gasteiger partial charge in [-0.15, -0.1) is 0 Å². The number of rotatable bonds is 3. The molecular formula is C12H15N3O. The molecule has 1 unspecified atom stereocenters. The third kappa shape index (κ3) is 2.31. The standard InChI is InChI=1S/C12H15N3O/c1-16-9-10-5-6-15(8-10)12-4-2-3-11(7-13)14-12/h2-4,10H,5-6,8-9H2,1H3. The maximum absolute atomic E-state index is 8.79. The Labute approximate surface area is 95.5 Å². The van der Waals surface area contributed by atoms with Gasteiger partial charge in [-0.05, 0) is 18.6 Å². The van der Waals surface area contributed by atoms with Gasteiger partial charge in [-0.2, -0.15) is 5.26 Å². The molecule has 0 amide bonds. The lowest BCUT2D eigenvalue weighted by Crippen LogP contribution is -2.22. The van der Waals surface area contributed by atoms with Crippen molar-refractivity contribution in [1.82, 2.24) is 4.98 Å². The average molecular weight is 217 g/mol. The molecule has 0 aliphatic carbocycles. The van der Waals surface area contributed by atoms with E-state index in [4.69, 9.17) is 10.00 Å². The Hall–Kier alpha value is -1.60. The smallest absolute Gasteiger partial charge is 0.142 e. The summed E-state index contributed by atoms with van der Waals surface area (Å²) in [5.41, 5.74) is 0.479. The van der Waals surface area contributed by atoms with Crippen LogP contribution in [0.3, 0.4) is 0 Å². The van der Waals surface area contributed by atoms with E-state index in [-0.39, 0.29) is 0 Å². The molecule has 0 radical (unpaired) electrons. The number of ether oxygens (including phenoxy) is 1. The minimum atomic E-state index is 0.479. The first-order chi connectivity index (χ1) is 7.83. The summed E-state index contributed by atoms with van der Waals surface area (Å²) in [5.74, 6) is 1.48. The van der Waals surface area contributed by atoms with Gasteiger partial charge >= 0.3 is 0 Å². The lowest BCUT2D eigenvalue weighted by Gasteiger charge is -2.17. The zero-order chi connectivity index (χ0) is 11.4. The molecule has 16 heavy (non-hydrogen) atoms. The Bertz CT molecular complexity index is 399. The fourth-order valence-corrected chi connectivity index (χ4v) is 2.07. The molecule has 2 rings (SSSR count). The SMILES string of the molecule is COCC1CCN(c2cccc(C#N)n2)C1. The highest BCUT2D eigenvalue weighted by Gasteiger charge is 2.23. The monoisotopic (exact) mass is 217 g/mol. The molecule has 4 heteroatoms. The summed E-state index contributed by atoms with van der Waals surface area (Å²) >= 11 is 0. The summed E-state index contributed by atoms with van der Waals surface area (Å²) < 4.78 is 5.16. The highest BCUT2D eigenvalue weighted by Crippen LogP contribution is 2.22. The Morgan fingerprint density at radius 2 is 2.50 bits per heavy atom. The third-order valence-electron chi connectivity index (χ3n) is 2.86. The van der Waals surface area contributed by atoms with E-state index in [9.17, 15) is 0 Å². The lowest BCUT2D eigenvalue weighted by molar-refractivity contribution is 0.161. The molecule has 1 atom stereocenters. The number of nitrogens with zero attached hydrogens (tertiary/aromatic N) is 3. The molecule has 2 heterocycles. The van der Waals surface area contributed by atoms with Gasteiger partial charge in [-0.1, -0.05) is 6.07 Å².